The summed E-state index contributed by atoms with van der Waals surface area (Å²) in [6.45, 7) is 5.42. The van der Waals surface area contributed by atoms with Crippen molar-refractivity contribution in [3.8, 4) is 11.5 Å². The monoisotopic (exact) mass is 465 g/mol. The van der Waals surface area contributed by atoms with E-state index >= 15 is 0 Å². The van der Waals surface area contributed by atoms with Gasteiger partial charge in [-0.05, 0) is 61.2 Å². The van der Waals surface area contributed by atoms with Gasteiger partial charge in [-0.3, -0.25) is 9.59 Å². The lowest BCUT2D eigenvalue weighted by Crippen LogP contribution is -2.31. The molecule has 1 amide bonds. The van der Waals surface area contributed by atoms with E-state index in [0.29, 0.717) is 31.7 Å². The average Bonchev–Trinajstić information content (AvgIpc) is 3.33. The van der Waals surface area contributed by atoms with Gasteiger partial charge in [0.05, 0.1) is 18.2 Å². The number of ether oxygens (including phenoxy) is 3. The number of likely N-dealkylation sites (tertiary alicyclic amines) is 1. The molecule has 0 radical (unpaired) electrons. The van der Waals surface area contributed by atoms with Crippen LogP contribution in [0.1, 0.15) is 49.4 Å². The van der Waals surface area contributed by atoms with Crippen LogP contribution in [0.2, 0.25) is 0 Å². The topological polar surface area (TPSA) is 85.3 Å². The van der Waals surface area contributed by atoms with Crippen molar-refractivity contribution < 1.29 is 28.9 Å². The third kappa shape index (κ3) is 4.66. The Balaban J connectivity index is 1.75. The summed E-state index contributed by atoms with van der Waals surface area (Å²) in [7, 11) is 1.60. The van der Waals surface area contributed by atoms with Gasteiger partial charge in [0.15, 0.2) is 0 Å². The lowest BCUT2D eigenvalue weighted by atomic mass is 9.94. The van der Waals surface area contributed by atoms with Crippen molar-refractivity contribution in [2.75, 3.05) is 26.9 Å². The van der Waals surface area contributed by atoms with E-state index in [2.05, 4.69) is 0 Å². The van der Waals surface area contributed by atoms with Crippen molar-refractivity contribution >= 4 is 17.4 Å². The molecule has 0 saturated carbocycles. The van der Waals surface area contributed by atoms with E-state index in [9.17, 15) is 14.7 Å². The lowest BCUT2D eigenvalue weighted by molar-refractivity contribution is -0.140. The minimum Gasteiger partial charge on any atom is -0.507 e. The molecule has 0 bridgehead atoms. The Morgan fingerprint density at radius 1 is 1.15 bits per heavy atom. The molecule has 1 N–H and O–H groups in total. The van der Waals surface area contributed by atoms with Crippen LogP contribution in [-0.2, 0) is 20.7 Å². The van der Waals surface area contributed by atoms with Crippen molar-refractivity contribution in [2.24, 2.45) is 0 Å². The van der Waals surface area contributed by atoms with E-state index in [1.807, 2.05) is 44.2 Å². The molecule has 2 aromatic carbocycles. The largest absolute Gasteiger partial charge is 0.507 e. The normalized spacial score (nSPS) is 21.0. The quantitative estimate of drug-likeness (QED) is 0.258. The minimum absolute atomic E-state index is 0.0622. The number of fused-ring (bicyclic) bond motifs is 1. The number of carbonyl (C=O) groups excluding carboxylic acids is 2. The highest BCUT2D eigenvalue weighted by Gasteiger charge is 2.45. The summed E-state index contributed by atoms with van der Waals surface area (Å²) in [5.74, 6) is 0.0210. The predicted octanol–water partition coefficient (Wildman–Crippen LogP) is 4.26. The second-order valence-electron chi connectivity index (χ2n) is 8.71. The van der Waals surface area contributed by atoms with Gasteiger partial charge in [0.2, 0.25) is 0 Å². The molecule has 0 aliphatic carbocycles. The number of methoxy groups -OCH3 is 1. The Hall–Kier alpha value is -3.32. The molecule has 2 heterocycles. The van der Waals surface area contributed by atoms with Crippen LogP contribution in [0.3, 0.4) is 0 Å². The van der Waals surface area contributed by atoms with E-state index in [0.717, 1.165) is 35.5 Å². The molecule has 1 fully saturated rings. The lowest BCUT2D eigenvalue weighted by Gasteiger charge is -2.25. The molecule has 7 heteroatoms. The second-order valence-corrected chi connectivity index (χ2v) is 8.71. The average molecular weight is 466 g/mol. The van der Waals surface area contributed by atoms with E-state index in [1.165, 1.54) is 4.90 Å². The third-order valence-corrected chi connectivity index (χ3v) is 6.13. The summed E-state index contributed by atoms with van der Waals surface area (Å²) in [5, 5.41) is 11.3. The van der Waals surface area contributed by atoms with Gasteiger partial charge in [-0.1, -0.05) is 19.1 Å². The first-order valence-electron chi connectivity index (χ1n) is 11.7. The van der Waals surface area contributed by atoms with Crippen LogP contribution in [-0.4, -0.2) is 54.7 Å². The van der Waals surface area contributed by atoms with E-state index in [-0.39, 0.29) is 17.4 Å². The van der Waals surface area contributed by atoms with Crippen LogP contribution in [0, 0.1) is 0 Å². The van der Waals surface area contributed by atoms with Crippen LogP contribution in [0.25, 0.3) is 5.76 Å². The first kappa shape index (κ1) is 23.8. The molecule has 1 saturated heterocycles. The van der Waals surface area contributed by atoms with E-state index in [1.54, 1.807) is 19.2 Å². The number of aliphatic hydroxyl groups is 1. The Kier molecular flexibility index (Phi) is 7.22. The number of aliphatic hydroxyl groups excluding tert-OH is 1. The zero-order valence-corrected chi connectivity index (χ0v) is 19.9. The third-order valence-electron chi connectivity index (χ3n) is 6.13. The molecular formula is C27H31NO6. The smallest absolute Gasteiger partial charge is 0.295 e. The molecular weight excluding hydrogens is 434 g/mol. The van der Waals surface area contributed by atoms with Crippen molar-refractivity contribution in [1.29, 1.82) is 0 Å². The number of rotatable bonds is 9. The van der Waals surface area contributed by atoms with Gasteiger partial charge in [-0.2, -0.15) is 0 Å². The fraction of sp³-hybridized carbons (Fsp3) is 0.407. The maximum absolute atomic E-state index is 13.2. The van der Waals surface area contributed by atoms with Gasteiger partial charge in [0, 0.05) is 32.2 Å². The van der Waals surface area contributed by atoms with Crippen LogP contribution in [0.5, 0.6) is 11.5 Å². The number of benzene rings is 2. The van der Waals surface area contributed by atoms with Gasteiger partial charge < -0.3 is 24.2 Å². The molecule has 2 aliphatic rings. The van der Waals surface area contributed by atoms with Gasteiger partial charge in [-0.25, -0.2) is 0 Å². The number of Topliss-reactive ketones (excluding diaryl/α,β-unsaturated/α-hetero) is 1. The van der Waals surface area contributed by atoms with Crippen molar-refractivity contribution in [2.45, 2.75) is 45.3 Å². The number of hydrogen-bond acceptors (Lipinski definition) is 6. The summed E-state index contributed by atoms with van der Waals surface area (Å²) in [4.78, 5) is 27.7. The SMILES string of the molecule is CCCOc1ccc(C2/C(=C(\O)c3ccc4c(c3)CC(C)O4)C(=O)C(=O)N2CCCOC)cc1. The highest BCUT2D eigenvalue weighted by Crippen LogP contribution is 2.41. The molecule has 2 aromatic rings. The minimum atomic E-state index is -0.694. The number of hydrogen-bond donors (Lipinski definition) is 1. The second kappa shape index (κ2) is 10.3. The molecule has 7 nitrogen and oxygen atoms in total. The fourth-order valence-corrected chi connectivity index (χ4v) is 4.53. The van der Waals surface area contributed by atoms with Crippen LogP contribution >= 0.6 is 0 Å². The summed E-state index contributed by atoms with van der Waals surface area (Å²) < 4.78 is 16.6. The molecule has 4 rings (SSSR count). The van der Waals surface area contributed by atoms with Gasteiger partial charge >= 0.3 is 0 Å². The van der Waals surface area contributed by atoms with Crippen molar-refractivity contribution in [3.05, 3.63) is 64.7 Å². The summed E-state index contributed by atoms with van der Waals surface area (Å²) in [6.07, 6.45) is 2.26. The maximum Gasteiger partial charge on any atom is 0.295 e. The van der Waals surface area contributed by atoms with Gasteiger partial charge in [-0.15, -0.1) is 0 Å². The highest BCUT2D eigenvalue weighted by molar-refractivity contribution is 6.46. The van der Waals surface area contributed by atoms with Crippen molar-refractivity contribution in [1.82, 2.24) is 4.90 Å². The van der Waals surface area contributed by atoms with Gasteiger partial charge in [0.25, 0.3) is 11.7 Å². The standard InChI is InChI=1S/C27H31NO6/c1-4-13-33-21-9-6-18(7-10-21)24-23(26(30)27(31)28(24)12-5-14-32-3)25(29)19-8-11-22-20(16-19)15-17(2)34-22/h6-11,16-17,24,29H,4-5,12-15H2,1-3H3/b25-23+. The van der Waals surface area contributed by atoms with E-state index in [4.69, 9.17) is 14.2 Å². The first-order valence-corrected chi connectivity index (χ1v) is 11.7. The summed E-state index contributed by atoms with van der Waals surface area (Å²) in [6, 6.07) is 12.0. The fourth-order valence-electron chi connectivity index (χ4n) is 4.53. The molecule has 180 valence electrons. The van der Waals surface area contributed by atoms with Gasteiger partial charge in [0.1, 0.15) is 23.4 Å². The molecule has 2 unspecified atom stereocenters. The van der Waals surface area contributed by atoms with Crippen LogP contribution < -0.4 is 9.47 Å². The summed E-state index contributed by atoms with van der Waals surface area (Å²) >= 11 is 0. The maximum atomic E-state index is 13.2. The highest BCUT2D eigenvalue weighted by atomic mass is 16.5. The Morgan fingerprint density at radius 2 is 1.91 bits per heavy atom. The van der Waals surface area contributed by atoms with E-state index < -0.39 is 17.7 Å². The zero-order valence-electron chi connectivity index (χ0n) is 19.9. The summed E-state index contributed by atoms with van der Waals surface area (Å²) in [5.41, 5.74) is 2.30. The zero-order chi connectivity index (χ0) is 24.2. The number of ketones is 1. The van der Waals surface area contributed by atoms with Crippen molar-refractivity contribution in [3.63, 3.8) is 0 Å². The molecule has 2 atom stereocenters. The molecule has 0 spiro atoms. The Morgan fingerprint density at radius 3 is 2.62 bits per heavy atom. The molecule has 34 heavy (non-hydrogen) atoms. The Bertz CT molecular complexity index is 1090. The predicted molar refractivity (Wildman–Crippen MR) is 128 cm³/mol. The van der Waals surface area contributed by atoms with Crippen LogP contribution in [0.4, 0.5) is 0 Å². The van der Waals surface area contributed by atoms with Crippen LogP contribution in [0.15, 0.2) is 48.0 Å². The molecule has 0 aromatic heterocycles. The molecule has 2 aliphatic heterocycles. The number of amides is 1. The number of carbonyl (C=O) groups is 2. The first-order chi connectivity index (χ1) is 16.4. The Labute approximate surface area is 199 Å². The number of nitrogens with zero attached hydrogens (tertiary/aromatic N) is 1.